The van der Waals surface area contributed by atoms with E-state index < -0.39 is 5.09 Å². The molecule has 0 N–H and O–H groups in total. The molecule has 0 aliphatic carbocycles. The summed E-state index contributed by atoms with van der Waals surface area (Å²) in [6, 6.07) is 0. The van der Waals surface area contributed by atoms with Crippen LogP contribution in [-0.2, 0) is 4.84 Å². The van der Waals surface area contributed by atoms with Gasteiger partial charge in [0, 0.05) is 0 Å². The van der Waals surface area contributed by atoms with Gasteiger partial charge in [0.2, 0.25) is 0 Å². The van der Waals surface area contributed by atoms with Crippen molar-refractivity contribution in [2.24, 2.45) is 0 Å². The van der Waals surface area contributed by atoms with Crippen LogP contribution >= 0.6 is 0 Å². The van der Waals surface area contributed by atoms with Crippen molar-refractivity contribution in [2.75, 3.05) is 0 Å². The highest BCUT2D eigenvalue weighted by Crippen LogP contribution is 1.93. The molecule has 0 spiro atoms. The Hall–Kier alpha value is -0.800. The van der Waals surface area contributed by atoms with Crippen LogP contribution < -0.4 is 0 Å². The number of nitrogens with zero attached hydrogens (tertiary/aromatic N) is 1. The molecule has 8 heavy (non-hydrogen) atoms. The molecule has 0 aromatic carbocycles. The van der Waals surface area contributed by atoms with Crippen LogP contribution in [0.1, 0.15) is 13.3 Å². The first-order valence-electron chi connectivity index (χ1n) is 2.27. The smallest absolute Gasteiger partial charge is 0.294 e. The maximum absolute atomic E-state index is 9.52. The molecule has 0 bridgehead atoms. The predicted molar refractivity (Wildman–Crippen MR) is 27.5 cm³/mol. The van der Waals surface area contributed by atoms with E-state index in [1.54, 1.807) is 6.92 Å². The Bertz CT molecular complexity index is 83.4. The van der Waals surface area contributed by atoms with Gasteiger partial charge in [-0.25, -0.2) is 0 Å². The topological polar surface area (TPSA) is 52.4 Å². The second-order valence-corrected chi connectivity index (χ2v) is 1.43. The Kier molecular flexibility index (Phi) is 2.91. The fraction of sp³-hybridized carbons (Fsp3) is 0.750. The van der Waals surface area contributed by atoms with Gasteiger partial charge in [-0.3, -0.25) is 0 Å². The van der Waals surface area contributed by atoms with E-state index >= 15 is 0 Å². The van der Waals surface area contributed by atoms with Crippen molar-refractivity contribution in [3.8, 4) is 0 Å². The highest BCUT2D eigenvalue weighted by molar-refractivity contribution is 4.46. The summed E-state index contributed by atoms with van der Waals surface area (Å²) in [5.41, 5.74) is 0. The zero-order valence-corrected chi connectivity index (χ0v) is 4.66. The fourth-order valence-electron chi connectivity index (χ4n) is 0.200. The van der Waals surface area contributed by atoms with Gasteiger partial charge in [0.25, 0.3) is 5.09 Å². The summed E-state index contributed by atoms with van der Waals surface area (Å²) < 4.78 is 0. The average molecular weight is 118 g/mol. The van der Waals surface area contributed by atoms with Crippen molar-refractivity contribution in [3.05, 3.63) is 17.0 Å². The van der Waals surface area contributed by atoms with Crippen molar-refractivity contribution in [1.29, 1.82) is 0 Å². The van der Waals surface area contributed by atoms with Crippen LogP contribution in [0.3, 0.4) is 0 Å². The third-order valence-corrected chi connectivity index (χ3v) is 0.673. The molecule has 0 rings (SSSR count). The first-order valence-corrected chi connectivity index (χ1v) is 2.27. The van der Waals surface area contributed by atoms with Crippen LogP contribution in [-0.4, -0.2) is 11.2 Å². The second-order valence-electron chi connectivity index (χ2n) is 1.43. The van der Waals surface area contributed by atoms with Gasteiger partial charge in [-0.1, -0.05) is 6.92 Å². The summed E-state index contributed by atoms with van der Waals surface area (Å²) in [4.78, 5) is 13.6. The van der Waals surface area contributed by atoms with E-state index in [9.17, 15) is 10.1 Å². The van der Waals surface area contributed by atoms with Crippen molar-refractivity contribution in [2.45, 2.75) is 19.4 Å². The first-order chi connectivity index (χ1) is 3.66. The van der Waals surface area contributed by atoms with Gasteiger partial charge in [-0.2, -0.15) is 0 Å². The fourth-order valence-corrected chi connectivity index (χ4v) is 0.200. The molecule has 0 aliphatic heterocycles. The molecular weight excluding hydrogens is 110 g/mol. The van der Waals surface area contributed by atoms with E-state index in [2.05, 4.69) is 11.8 Å². The Labute approximate surface area is 47.6 Å². The second kappa shape index (κ2) is 3.23. The number of hydrogen-bond acceptors (Lipinski definition) is 3. The summed E-state index contributed by atoms with van der Waals surface area (Å²) in [6.45, 7) is 5.00. The third kappa shape index (κ3) is 3.39. The van der Waals surface area contributed by atoms with Gasteiger partial charge in [-0.05, 0) is 13.3 Å². The lowest BCUT2D eigenvalue weighted by Gasteiger charge is -2.02. The molecule has 0 amide bonds. The van der Waals surface area contributed by atoms with Gasteiger partial charge >= 0.3 is 0 Å². The van der Waals surface area contributed by atoms with Crippen LogP contribution in [0, 0.1) is 17.0 Å². The van der Waals surface area contributed by atoms with E-state index in [-0.39, 0.29) is 6.10 Å². The molecule has 47 valence electrons. The summed E-state index contributed by atoms with van der Waals surface area (Å²) >= 11 is 0. The Morgan fingerprint density at radius 2 is 2.50 bits per heavy atom. The van der Waals surface area contributed by atoms with Crippen molar-refractivity contribution >= 4 is 0 Å². The molecule has 0 saturated heterocycles. The van der Waals surface area contributed by atoms with Gasteiger partial charge in [0.1, 0.15) is 6.10 Å². The van der Waals surface area contributed by atoms with Crippen LogP contribution in [0.4, 0.5) is 0 Å². The lowest BCUT2D eigenvalue weighted by atomic mass is 10.3. The molecule has 1 radical (unpaired) electrons. The minimum Gasteiger partial charge on any atom is -0.311 e. The SMILES string of the molecule is [CH2]CC(C)O[N+](=O)[O-]. The van der Waals surface area contributed by atoms with Crippen molar-refractivity contribution in [1.82, 2.24) is 0 Å². The lowest BCUT2D eigenvalue weighted by molar-refractivity contribution is -0.767. The van der Waals surface area contributed by atoms with Gasteiger partial charge in [-0.15, -0.1) is 10.1 Å². The zero-order valence-electron chi connectivity index (χ0n) is 4.66. The Balaban J connectivity index is 3.24. The monoisotopic (exact) mass is 118 g/mol. The number of hydrogen-bond donors (Lipinski definition) is 0. The highest BCUT2D eigenvalue weighted by atomic mass is 17.0. The molecule has 4 heteroatoms. The Morgan fingerprint density at radius 1 is 2.00 bits per heavy atom. The molecular formula is C4H8NO3. The quantitative estimate of drug-likeness (QED) is 0.407. The van der Waals surface area contributed by atoms with Crippen LogP contribution in [0.25, 0.3) is 0 Å². The third-order valence-electron chi connectivity index (χ3n) is 0.673. The van der Waals surface area contributed by atoms with Gasteiger partial charge < -0.3 is 4.84 Å². The molecule has 4 nitrogen and oxygen atoms in total. The van der Waals surface area contributed by atoms with E-state index in [1.807, 2.05) is 0 Å². The molecule has 0 aromatic rings. The molecule has 0 heterocycles. The van der Waals surface area contributed by atoms with E-state index in [0.29, 0.717) is 6.42 Å². The van der Waals surface area contributed by atoms with E-state index in [1.165, 1.54) is 0 Å². The summed E-state index contributed by atoms with van der Waals surface area (Å²) in [6.07, 6.45) is 0.0334. The molecule has 0 saturated carbocycles. The predicted octanol–water partition coefficient (Wildman–Crippen LogP) is 0.807. The molecule has 0 aromatic heterocycles. The maximum atomic E-state index is 9.52. The van der Waals surface area contributed by atoms with Crippen molar-refractivity contribution < 1.29 is 9.92 Å². The molecule has 0 fully saturated rings. The lowest BCUT2D eigenvalue weighted by Crippen LogP contribution is -2.11. The highest BCUT2D eigenvalue weighted by Gasteiger charge is 2.01. The van der Waals surface area contributed by atoms with Gasteiger partial charge in [0.05, 0.1) is 0 Å². The molecule has 1 atom stereocenters. The summed E-state index contributed by atoms with van der Waals surface area (Å²) in [5, 5.41) is 8.71. The van der Waals surface area contributed by atoms with Gasteiger partial charge in [0.15, 0.2) is 0 Å². The molecule has 1 unspecified atom stereocenters. The first kappa shape index (κ1) is 7.20. The average Bonchev–Trinajstić information content (AvgIpc) is 1.65. The molecule has 0 aliphatic rings. The Morgan fingerprint density at radius 3 is 2.62 bits per heavy atom. The zero-order chi connectivity index (χ0) is 6.57. The minimum absolute atomic E-state index is 0.384. The number of rotatable bonds is 3. The van der Waals surface area contributed by atoms with Crippen LogP contribution in [0.15, 0.2) is 0 Å². The standard InChI is InChI=1S/C4H8NO3/c1-3-4(2)8-5(6)7/h4H,1,3H2,2H3. The van der Waals surface area contributed by atoms with Crippen LogP contribution in [0.5, 0.6) is 0 Å². The summed E-state index contributed by atoms with van der Waals surface area (Å²) in [7, 11) is 0. The minimum atomic E-state index is -0.810. The van der Waals surface area contributed by atoms with Crippen molar-refractivity contribution in [3.63, 3.8) is 0 Å². The maximum Gasteiger partial charge on any atom is 0.294 e. The summed E-state index contributed by atoms with van der Waals surface area (Å²) in [5.74, 6) is 0. The van der Waals surface area contributed by atoms with E-state index in [0.717, 1.165) is 0 Å². The largest absolute Gasteiger partial charge is 0.311 e. The van der Waals surface area contributed by atoms with E-state index in [4.69, 9.17) is 0 Å². The van der Waals surface area contributed by atoms with Crippen LogP contribution in [0.2, 0.25) is 0 Å². The normalized spacial score (nSPS) is 12.8.